The number of rotatable bonds is 9. The van der Waals surface area contributed by atoms with Crippen LogP contribution >= 0.6 is 15.9 Å². The summed E-state index contributed by atoms with van der Waals surface area (Å²) in [6, 6.07) is 14.2. The van der Waals surface area contributed by atoms with Crippen molar-refractivity contribution in [1.29, 1.82) is 0 Å². The van der Waals surface area contributed by atoms with E-state index in [9.17, 15) is 18.0 Å². The molecule has 178 valence electrons. The van der Waals surface area contributed by atoms with Crippen LogP contribution in [0.1, 0.15) is 48.5 Å². The first-order chi connectivity index (χ1) is 15.8. The van der Waals surface area contributed by atoms with Crippen LogP contribution < -0.4 is 10.6 Å². The zero-order valence-corrected chi connectivity index (χ0v) is 21.1. The summed E-state index contributed by atoms with van der Waals surface area (Å²) in [6.07, 6.45) is 2.75. The zero-order valence-electron chi connectivity index (χ0n) is 18.7. The van der Waals surface area contributed by atoms with Crippen LogP contribution in [0.3, 0.4) is 0 Å². The summed E-state index contributed by atoms with van der Waals surface area (Å²) in [5.41, 5.74) is 1.62. The molecule has 1 aliphatic rings. The maximum absolute atomic E-state index is 12.9. The second-order valence-corrected chi connectivity index (χ2v) is 11.1. The molecular formula is C24H30BrN3O4S. The SMILES string of the molecule is CCCCNC(=O)c1ccccc1NC(=O)C1CCN(S(=O)(=O)Cc2cccc(Br)c2)CC1. The molecule has 2 N–H and O–H groups in total. The predicted octanol–water partition coefficient (Wildman–Crippen LogP) is 4.16. The fourth-order valence-corrected chi connectivity index (χ4v) is 5.82. The molecule has 0 saturated carbocycles. The molecule has 0 spiro atoms. The molecule has 2 amide bonds. The molecule has 1 saturated heterocycles. The third kappa shape index (κ3) is 7.12. The Morgan fingerprint density at radius 1 is 1.09 bits per heavy atom. The lowest BCUT2D eigenvalue weighted by Gasteiger charge is -2.30. The third-order valence-corrected chi connectivity index (χ3v) is 8.04. The van der Waals surface area contributed by atoms with Crippen LogP contribution in [0.25, 0.3) is 0 Å². The highest BCUT2D eigenvalue weighted by Gasteiger charge is 2.31. The summed E-state index contributed by atoms with van der Waals surface area (Å²) < 4.78 is 28.0. The number of benzene rings is 2. The lowest BCUT2D eigenvalue weighted by Crippen LogP contribution is -2.42. The van der Waals surface area contributed by atoms with Crippen molar-refractivity contribution in [1.82, 2.24) is 9.62 Å². The van der Waals surface area contributed by atoms with Crippen LogP contribution in [-0.4, -0.2) is 44.2 Å². The number of piperidine rings is 1. The second-order valence-electron chi connectivity index (χ2n) is 8.20. The van der Waals surface area contributed by atoms with E-state index in [1.54, 1.807) is 36.4 Å². The van der Waals surface area contributed by atoms with E-state index in [-0.39, 0.29) is 23.5 Å². The highest BCUT2D eigenvalue weighted by atomic mass is 79.9. The number of carbonyl (C=O) groups excluding carboxylic acids is 2. The molecule has 0 bridgehead atoms. The lowest BCUT2D eigenvalue weighted by molar-refractivity contribution is -0.120. The van der Waals surface area contributed by atoms with Crippen LogP contribution in [0, 0.1) is 5.92 Å². The second kappa shape index (κ2) is 11.8. The predicted molar refractivity (Wildman–Crippen MR) is 133 cm³/mol. The number of hydrogen-bond donors (Lipinski definition) is 2. The van der Waals surface area contributed by atoms with Gasteiger partial charge in [-0.05, 0) is 49.1 Å². The molecular weight excluding hydrogens is 506 g/mol. The number of amides is 2. The van der Waals surface area contributed by atoms with Gasteiger partial charge in [-0.1, -0.05) is 53.5 Å². The number of halogens is 1. The van der Waals surface area contributed by atoms with E-state index in [4.69, 9.17) is 0 Å². The lowest BCUT2D eigenvalue weighted by atomic mass is 9.97. The fraction of sp³-hybridized carbons (Fsp3) is 0.417. The number of unbranched alkanes of at least 4 members (excludes halogenated alkanes) is 1. The Morgan fingerprint density at radius 3 is 2.52 bits per heavy atom. The van der Waals surface area contributed by atoms with Crippen molar-refractivity contribution in [3.8, 4) is 0 Å². The van der Waals surface area contributed by atoms with Gasteiger partial charge in [-0.15, -0.1) is 0 Å². The molecule has 7 nitrogen and oxygen atoms in total. The van der Waals surface area contributed by atoms with Crippen LogP contribution in [0.5, 0.6) is 0 Å². The number of hydrogen-bond acceptors (Lipinski definition) is 4. The Hall–Kier alpha value is -2.23. The van der Waals surface area contributed by atoms with Crippen molar-refractivity contribution in [3.63, 3.8) is 0 Å². The number of para-hydroxylation sites is 1. The summed E-state index contributed by atoms with van der Waals surface area (Å²) >= 11 is 3.37. The quantitative estimate of drug-likeness (QED) is 0.471. The van der Waals surface area contributed by atoms with E-state index in [0.29, 0.717) is 43.7 Å². The van der Waals surface area contributed by atoms with Gasteiger partial charge in [0.05, 0.1) is 17.0 Å². The van der Waals surface area contributed by atoms with Crippen LogP contribution in [0.4, 0.5) is 5.69 Å². The van der Waals surface area contributed by atoms with Crippen molar-refractivity contribution in [3.05, 3.63) is 64.1 Å². The Kier molecular flexibility index (Phi) is 9.05. The summed E-state index contributed by atoms with van der Waals surface area (Å²) in [4.78, 5) is 25.4. The molecule has 0 aliphatic carbocycles. The molecule has 0 unspecified atom stereocenters. The number of nitrogens with one attached hydrogen (secondary N) is 2. The van der Waals surface area contributed by atoms with Gasteiger partial charge in [0, 0.05) is 30.0 Å². The molecule has 33 heavy (non-hydrogen) atoms. The van der Waals surface area contributed by atoms with Crippen molar-refractivity contribution in [2.75, 3.05) is 25.0 Å². The molecule has 9 heteroatoms. The van der Waals surface area contributed by atoms with Gasteiger partial charge in [0.25, 0.3) is 5.91 Å². The van der Waals surface area contributed by atoms with E-state index in [0.717, 1.165) is 22.9 Å². The standard InChI is InChI=1S/C24H30BrN3O4S/c1-2-3-13-26-24(30)21-9-4-5-10-22(21)27-23(29)19-11-14-28(15-12-19)33(31,32)17-18-7-6-8-20(25)16-18/h4-10,16,19H,2-3,11-15,17H2,1H3,(H,26,30)(H,27,29). The van der Waals surface area contributed by atoms with Gasteiger partial charge in [-0.25, -0.2) is 12.7 Å². The summed E-state index contributed by atoms with van der Waals surface area (Å²) in [5.74, 6) is -0.775. The Morgan fingerprint density at radius 2 is 1.82 bits per heavy atom. The number of nitrogens with zero attached hydrogens (tertiary/aromatic N) is 1. The minimum Gasteiger partial charge on any atom is -0.352 e. The largest absolute Gasteiger partial charge is 0.352 e. The van der Waals surface area contributed by atoms with Crippen molar-refractivity contribution in [2.24, 2.45) is 5.92 Å². The fourth-order valence-electron chi connectivity index (χ4n) is 3.82. The minimum atomic E-state index is -3.46. The molecule has 0 atom stereocenters. The normalized spacial score (nSPS) is 15.2. The van der Waals surface area contributed by atoms with Gasteiger partial charge in [0.2, 0.25) is 15.9 Å². The summed E-state index contributed by atoms with van der Waals surface area (Å²) in [7, 11) is -3.46. The van der Waals surface area contributed by atoms with E-state index in [2.05, 4.69) is 33.5 Å². The average Bonchev–Trinajstić information content (AvgIpc) is 2.79. The first kappa shape index (κ1) is 25.4. The maximum atomic E-state index is 12.9. The van der Waals surface area contributed by atoms with E-state index in [1.165, 1.54) is 4.31 Å². The van der Waals surface area contributed by atoms with Gasteiger partial charge < -0.3 is 10.6 Å². The van der Waals surface area contributed by atoms with Crippen molar-refractivity contribution in [2.45, 2.75) is 38.4 Å². The molecule has 1 fully saturated rings. The molecule has 3 rings (SSSR count). The van der Waals surface area contributed by atoms with Crippen LogP contribution in [0.15, 0.2) is 53.0 Å². The van der Waals surface area contributed by atoms with E-state index >= 15 is 0 Å². The van der Waals surface area contributed by atoms with Crippen LogP contribution in [0.2, 0.25) is 0 Å². The average molecular weight is 536 g/mol. The van der Waals surface area contributed by atoms with Gasteiger partial charge in [0.1, 0.15) is 0 Å². The molecule has 1 heterocycles. The Labute approximate surface area is 204 Å². The number of carbonyl (C=O) groups is 2. The van der Waals surface area contributed by atoms with E-state index < -0.39 is 10.0 Å². The van der Waals surface area contributed by atoms with Gasteiger partial charge >= 0.3 is 0 Å². The van der Waals surface area contributed by atoms with E-state index in [1.807, 2.05) is 12.1 Å². The van der Waals surface area contributed by atoms with Crippen molar-refractivity contribution >= 4 is 43.5 Å². The number of sulfonamides is 1. The smallest absolute Gasteiger partial charge is 0.253 e. The highest BCUT2D eigenvalue weighted by Crippen LogP contribution is 2.25. The topological polar surface area (TPSA) is 95.6 Å². The molecule has 2 aromatic rings. The Bertz CT molecular complexity index is 1080. The van der Waals surface area contributed by atoms with Crippen molar-refractivity contribution < 1.29 is 18.0 Å². The van der Waals surface area contributed by atoms with Gasteiger partial charge in [-0.3, -0.25) is 9.59 Å². The number of anilines is 1. The first-order valence-electron chi connectivity index (χ1n) is 11.2. The monoisotopic (exact) mass is 535 g/mol. The summed E-state index contributed by atoms with van der Waals surface area (Å²) in [5, 5.41) is 5.75. The van der Waals surface area contributed by atoms with Gasteiger partial charge in [-0.2, -0.15) is 0 Å². The van der Waals surface area contributed by atoms with Crippen LogP contribution in [-0.2, 0) is 20.6 Å². The Balaban J connectivity index is 1.57. The maximum Gasteiger partial charge on any atom is 0.253 e. The molecule has 1 aliphatic heterocycles. The molecule has 0 aromatic heterocycles. The van der Waals surface area contributed by atoms with Gasteiger partial charge in [0.15, 0.2) is 0 Å². The molecule has 0 radical (unpaired) electrons. The molecule has 2 aromatic carbocycles. The zero-order chi connectivity index (χ0) is 23.8. The summed E-state index contributed by atoms with van der Waals surface area (Å²) in [6.45, 7) is 3.24. The minimum absolute atomic E-state index is 0.0657. The first-order valence-corrected chi connectivity index (χ1v) is 13.6. The highest BCUT2D eigenvalue weighted by molar-refractivity contribution is 9.10. The third-order valence-electron chi connectivity index (χ3n) is 5.70.